The summed E-state index contributed by atoms with van der Waals surface area (Å²) >= 11 is 0. The summed E-state index contributed by atoms with van der Waals surface area (Å²) in [5.41, 5.74) is 9.37. The molecular formula is C18H22N8O5. The lowest BCUT2D eigenvalue weighted by molar-refractivity contribution is 0.0949. The van der Waals surface area contributed by atoms with Gasteiger partial charge in [0.1, 0.15) is 0 Å². The van der Waals surface area contributed by atoms with Crippen molar-refractivity contribution in [2.45, 2.75) is 19.8 Å². The van der Waals surface area contributed by atoms with Gasteiger partial charge in [0.2, 0.25) is 17.4 Å². The summed E-state index contributed by atoms with van der Waals surface area (Å²) in [7, 11) is 4.53. The van der Waals surface area contributed by atoms with Gasteiger partial charge < -0.3 is 19.9 Å². The van der Waals surface area contributed by atoms with E-state index in [1.165, 1.54) is 32.2 Å². The van der Waals surface area contributed by atoms with Gasteiger partial charge in [0, 0.05) is 5.56 Å². The van der Waals surface area contributed by atoms with E-state index < -0.39 is 5.91 Å². The molecule has 0 saturated heterocycles. The van der Waals surface area contributed by atoms with E-state index in [0.29, 0.717) is 34.9 Å². The number of ether oxygens (including phenoxy) is 3. The molecule has 0 aliphatic carbocycles. The summed E-state index contributed by atoms with van der Waals surface area (Å²) in [4.78, 5) is 12.6. The van der Waals surface area contributed by atoms with Crippen LogP contribution >= 0.6 is 0 Å². The van der Waals surface area contributed by atoms with Crippen molar-refractivity contribution in [2.75, 3.05) is 27.1 Å². The maximum Gasteiger partial charge on any atom is 0.293 e. The molecule has 3 aromatic rings. The molecule has 2 heterocycles. The molecule has 0 atom stereocenters. The van der Waals surface area contributed by atoms with Gasteiger partial charge in [-0.3, -0.25) is 4.79 Å². The third-order valence-corrected chi connectivity index (χ3v) is 4.23. The van der Waals surface area contributed by atoms with Crippen LogP contribution in [-0.4, -0.2) is 58.8 Å². The largest absolute Gasteiger partial charge is 0.493 e. The molecule has 13 heteroatoms. The second-order valence-corrected chi connectivity index (χ2v) is 6.18. The van der Waals surface area contributed by atoms with E-state index in [-0.39, 0.29) is 17.3 Å². The first-order valence-electron chi connectivity index (χ1n) is 9.20. The van der Waals surface area contributed by atoms with Crippen molar-refractivity contribution in [1.29, 1.82) is 0 Å². The van der Waals surface area contributed by atoms with Gasteiger partial charge in [-0.1, -0.05) is 18.6 Å². The SMILES string of the molecule is CCCc1c(C(=O)N/N=C/c2cc(OC)c(OC)c(OC)c2)nnn1-c1nonc1N. The first kappa shape index (κ1) is 21.5. The summed E-state index contributed by atoms with van der Waals surface area (Å²) in [6.07, 6.45) is 2.66. The number of rotatable bonds is 9. The zero-order chi connectivity index (χ0) is 22.4. The number of hydrogen-bond donors (Lipinski definition) is 2. The van der Waals surface area contributed by atoms with Crippen molar-refractivity contribution in [3.63, 3.8) is 0 Å². The predicted molar refractivity (Wildman–Crippen MR) is 109 cm³/mol. The summed E-state index contributed by atoms with van der Waals surface area (Å²) in [5.74, 6) is 1.02. The lowest BCUT2D eigenvalue weighted by Crippen LogP contribution is -2.20. The molecule has 0 bridgehead atoms. The highest BCUT2D eigenvalue weighted by molar-refractivity contribution is 5.94. The molecule has 3 N–H and O–H groups in total. The minimum Gasteiger partial charge on any atom is -0.493 e. The maximum absolute atomic E-state index is 12.6. The summed E-state index contributed by atoms with van der Waals surface area (Å²) in [6, 6.07) is 3.38. The highest BCUT2D eigenvalue weighted by atomic mass is 16.6. The molecule has 0 radical (unpaired) electrons. The molecule has 2 aromatic heterocycles. The molecule has 1 aromatic carbocycles. The normalized spacial score (nSPS) is 11.0. The van der Waals surface area contributed by atoms with Gasteiger partial charge in [0.25, 0.3) is 5.91 Å². The Labute approximate surface area is 177 Å². The summed E-state index contributed by atoms with van der Waals surface area (Å²) < 4.78 is 21.8. The van der Waals surface area contributed by atoms with Crippen LogP contribution in [0.3, 0.4) is 0 Å². The van der Waals surface area contributed by atoms with Gasteiger partial charge >= 0.3 is 0 Å². The molecule has 0 aliphatic heterocycles. The molecule has 3 rings (SSSR count). The third-order valence-electron chi connectivity index (χ3n) is 4.23. The Kier molecular flexibility index (Phi) is 6.64. The van der Waals surface area contributed by atoms with Crippen LogP contribution in [0, 0.1) is 0 Å². The lowest BCUT2D eigenvalue weighted by Gasteiger charge is -2.12. The van der Waals surface area contributed by atoms with Crippen molar-refractivity contribution < 1.29 is 23.6 Å². The van der Waals surface area contributed by atoms with Crippen LogP contribution in [0.5, 0.6) is 17.2 Å². The number of benzene rings is 1. The quantitative estimate of drug-likeness (QED) is 0.369. The summed E-state index contributed by atoms with van der Waals surface area (Å²) in [6.45, 7) is 1.95. The molecular weight excluding hydrogens is 408 g/mol. The number of nitrogens with one attached hydrogen (secondary N) is 1. The van der Waals surface area contributed by atoms with Gasteiger partial charge in [0.15, 0.2) is 17.2 Å². The smallest absolute Gasteiger partial charge is 0.293 e. The number of hydrogen-bond acceptors (Lipinski definition) is 11. The number of nitrogens with zero attached hydrogens (tertiary/aromatic N) is 6. The van der Waals surface area contributed by atoms with E-state index in [9.17, 15) is 4.79 Å². The Hall–Kier alpha value is -4.16. The number of anilines is 1. The molecule has 13 nitrogen and oxygen atoms in total. The van der Waals surface area contributed by atoms with Crippen molar-refractivity contribution in [1.82, 2.24) is 30.7 Å². The van der Waals surface area contributed by atoms with Crippen molar-refractivity contribution in [3.05, 3.63) is 29.1 Å². The highest BCUT2D eigenvalue weighted by Crippen LogP contribution is 2.37. The van der Waals surface area contributed by atoms with Gasteiger partial charge in [-0.05, 0) is 28.9 Å². The van der Waals surface area contributed by atoms with Gasteiger partial charge in [0.05, 0.1) is 33.2 Å². The predicted octanol–water partition coefficient (Wildman–Crippen LogP) is 0.975. The fraction of sp³-hybridized carbons (Fsp3) is 0.333. The van der Waals surface area contributed by atoms with E-state index in [1.54, 1.807) is 12.1 Å². The van der Waals surface area contributed by atoms with Crippen LogP contribution in [0.4, 0.5) is 5.82 Å². The van der Waals surface area contributed by atoms with E-state index >= 15 is 0 Å². The molecule has 164 valence electrons. The number of hydrazone groups is 1. The monoisotopic (exact) mass is 430 g/mol. The van der Waals surface area contributed by atoms with E-state index in [0.717, 1.165) is 6.42 Å². The number of aromatic nitrogens is 5. The zero-order valence-electron chi connectivity index (χ0n) is 17.4. The molecule has 1 amide bonds. The fourth-order valence-corrected chi connectivity index (χ4v) is 2.84. The topological polar surface area (TPSA) is 165 Å². The minimum absolute atomic E-state index is 0.0367. The van der Waals surface area contributed by atoms with Gasteiger partial charge in [-0.2, -0.15) is 9.78 Å². The molecule has 31 heavy (non-hydrogen) atoms. The van der Waals surface area contributed by atoms with Crippen LogP contribution < -0.4 is 25.4 Å². The Bertz CT molecular complexity index is 1070. The van der Waals surface area contributed by atoms with Crippen LogP contribution in [0.25, 0.3) is 5.82 Å². The Morgan fingerprint density at radius 3 is 2.48 bits per heavy atom. The average Bonchev–Trinajstić information content (AvgIpc) is 3.38. The Morgan fingerprint density at radius 1 is 1.23 bits per heavy atom. The molecule has 0 spiro atoms. The Morgan fingerprint density at radius 2 is 1.94 bits per heavy atom. The number of nitrogen functional groups attached to an aromatic ring is 1. The van der Waals surface area contributed by atoms with Gasteiger partial charge in [-0.15, -0.1) is 5.10 Å². The molecule has 0 aliphatic rings. The number of nitrogens with two attached hydrogens (primary N) is 1. The van der Waals surface area contributed by atoms with Crippen LogP contribution in [-0.2, 0) is 6.42 Å². The lowest BCUT2D eigenvalue weighted by atomic mass is 10.2. The second kappa shape index (κ2) is 9.56. The summed E-state index contributed by atoms with van der Waals surface area (Å²) in [5, 5.41) is 19.1. The molecule has 0 fully saturated rings. The first-order valence-corrected chi connectivity index (χ1v) is 9.20. The van der Waals surface area contributed by atoms with Crippen molar-refractivity contribution >= 4 is 17.9 Å². The van der Waals surface area contributed by atoms with Gasteiger partial charge in [-0.25, -0.2) is 10.1 Å². The average molecular weight is 430 g/mol. The van der Waals surface area contributed by atoms with E-state index in [1.807, 2.05) is 6.92 Å². The number of carbonyl (C=O) groups excluding carboxylic acids is 1. The van der Waals surface area contributed by atoms with Crippen molar-refractivity contribution in [2.24, 2.45) is 5.10 Å². The zero-order valence-corrected chi connectivity index (χ0v) is 17.4. The molecule has 0 saturated carbocycles. The van der Waals surface area contributed by atoms with Crippen LogP contribution in [0.2, 0.25) is 0 Å². The minimum atomic E-state index is -0.548. The molecule has 0 unspecified atom stereocenters. The third kappa shape index (κ3) is 4.39. The van der Waals surface area contributed by atoms with Crippen LogP contribution in [0.1, 0.15) is 35.1 Å². The van der Waals surface area contributed by atoms with Crippen molar-refractivity contribution in [3.8, 4) is 23.1 Å². The second-order valence-electron chi connectivity index (χ2n) is 6.18. The number of carbonyl (C=O) groups is 1. The first-order chi connectivity index (χ1) is 15.0. The maximum atomic E-state index is 12.6. The van der Waals surface area contributed by atoms with Crippen LogP contribution in [0.15, 0.2) is 21.9 Å². The highest BCUT2D eigenvalue weighted by Gasteiger charge is 2.23. The number of amides is 1. The van der Waals surface area contributed by atoms with E-state index in [4.69, 9.17) is 19.9 Å². The van der Waals surface area contributed by atoms with E-state index in [2.05, 4.69) is 35.8 Å². The number of methoxy groups -OCH3 is 3. The standard InChI is InChI=1S/C18H22N8O5/c1-5-6-11-14(21-25-26(11)17-16(19)23-31-24-17)18(27)22-20-9-10-7-12(28-2)15(30-4)13(8-10)29-3/h7-9H,5-6H2,1-4H3,(H2,19,23)(H,22,27)/b20-9+. The Balaban J connectivity index is 1.82. The fourth-order valence-electron chi connectivity index (χ4n) is 2.84.